The van der Waals surface area contributed by atoms with Crippen LogP contribution in [0.4, 0.5) is 35.1 Å². The van der Waals surface area contributed by atoms with E-state index in [-0.39, 0.29) is 32.9 Å². The quantitative estimate of drug-likeness (QED) is 0.0222. The first kappa shape index (κ1) is 54.6. The van der Waals surface area contributed by atoms with Crippen molar-refractivity contribution in [1.82, 2.24) is 0 Å². The average molecular weight is 1150 g/mol. The van der Waals surface area contributed by atoms with Crippen molar-refractivity contribution in [3.63, 3.8) is 0 Å². The van der Waals surface area contributed by atoms with E-state index in [9.17, 15) is 51.9 Å². The van der Waals surface area contributed by atoms with Crippen molar-refractivity contribution in [2.24, 2.45) is 0 Å². The summed E-state index contributed by atoms with van der Waals surface area (Å²) in [5.74, 6) is -17.7. The maximum absolute atomic E-state index is 15.3. The molecule has 0 unspecified atom stereocenters. The number of sulfone groups is 1. The second-order valence-corrected chi connectivity index (χ2v) is 24.5. The second kappa shape index (κ2) is 22.1. The Morgan fingerprint density at radius 3 is 1.19 bits per heavy atom. The van der Waals surface area contributed by atoms with E-state index >= 15 is 17.6 Å². The number of ether oxygens (including phenoxy) is 1. The summed E-state index contributed by atoms with van der Waals surface area (Å²) < 4.78 is 223. The third-order valence-electron chi connectivity index (χ3n) is 9.81. The predicted molar refractivity (Wildman–Crippen MR) is 256 cm³/mol. The van der Waals surface area contributed by atoms with Gasteiger partial charge in [-0.3, -0.25) is 9.11 Å². The lowest BCUT2D eigenvalue weighted by Gasteiger charge is -2.16. The van der Waals surface area contributed by atoms with Gasteiger partial charge in [0, 0.05) is 45.6 Å². The second-order valence-electron chi connectivity index (χ2n) is 14.4. The molecular weight excluding hydrogens is 1120 g/mol. The maximum Gasteiger partial charge on any atom is 0.295 e. The van der Waals surface area contributed by atoms with E-state index in [0.717, 1.165) is 64.4 Å². The molecule has 2 N–H and O–H groups in total. The molecule has 7 aromatic carbocycles. The molecule has 0 saturated carbocycles. The molecule has 0 radical (unpaired) electrons. The van der Waals surface area contributed by atoms with Gasteiger partial charge in [-0.25, -0.2) is 34.8 Å². The molecule has 72 heavy (non-hydrogen) atoms. The number of hydrogen-bond acceptors (Lipinski definition) is 12. The molecule has 374 valence electrons. The minimum absolute atomic E-state index is 0.0106. The van der Waals surface area contributed by atoms with Crippen LogP contribution in [0.5, 0.6) is 5.75 Å². The summed E-state index contributed by atoms with van der Waals surface area (Å²) in [6.07, 6.45) is 6.63. The molecule has 7 aromatic rings. The molecular formula is C47H28F8O9S8. The molecule has 0 heterocycles. The van der Waals surface area contributed by atoms with Crippen LogP contribution in [0.1, 0.15) is 6.42 Å². The molecule has 0 saturated heterocycles. The molecule has 9 nitrogen and oxygen atoms in total. The third kappa shape index (κ3) is 11.8. The SMILES string of the molecule is C#CCCOc1c(F)c(F)c(-c2c(F)c(F)c(Sc3ccc(Sc4ccc(Sc5ccc(S(=O)(=O)c6ccc(Sc7ccc(SC)cc7)c(S(=O)(=O)O)c6)cc5S(=O)(=O)O)cc4)cc3)c(F)c2F)c(F)c1F. The van der Waals surface area contributed by atoms with E-state index in [1.165, 1.54) is 42.1 Å². The summed E-state index contributed by atoms with van der Waals surface area (Å²) in [5, 5.41) is 0. The van der Waals surface area contributed by atoms with Gasteiger partial charge >= 0.3 is 0 Å². The highest BCUT2D eigenvalue weighted by Gasteiger charge is 2.35. The average Bonchev–Trinajstić information content (AvgIpc) is 3.34. The molecule has 0 aliphatic rings. The fourth-order valence-electron chi connectivity index (χ4n) is 6.41. The van der Waals surface area contributed by atoms with E-state index in [0.29, 0.717) is 25.6 Å². The van der Waals surface area contributed by atoms with Crippen molar-refractivity contribution in [2.45, 2.75) is 70.1 Å². The molecule has 0 aliphatic heterocycles. The van der Waals surface area contributed by atoms with Crippen LogP contribution in [0.2, 0.25) is 0 Å². The number of terminal acetylenes is 1. The minimum Gasteiger partial charge on any atom is -0.486 e. The highest BCUT2D eigenvalue weighted by Crippen LogP contribution is 2.45. The zero-order valence-electron chi connectivity index (χ0n) is 35.9. The van der Waals surface area contributed by atoms with Gasteiger partial charge < -0.3 is 4.74 Å². The van der Waals surface area contributed by atoms with Crippen LogP contribution in [-0.2, 0) is 30.1 Å². The van der Waals surface area contributed by atoms with Crippen molar-refractivity contribution >= 4 is 88.9 Å². The summed E-state index contributed by atoms with van der Waals surface area (Å²) >= 11 is 4.62. The van der Waals surface area contributed by atoms with E-state index in [4.69, 9.17) is 6.42 Å². The van der Waals surface area contributed by atoms with Crippen LogP contribution in [0, 0.1) is 58.9 Å². The molecule has 0 amide bonds. The van der Waals surface area contributed by atoms with Gasteiger partial charge in [-0.2, -0.15) is 25.6 Å². The Balaban J connectivity index is 1.06. The predicted octanol–water partition coefficient (Wildman–Crippen LogP) is 13.5. The Kier molecular flexibility index (Phi) is 16.8. The largest absolute Gasteiger partial charge is 0.486 e. The zero-order chi connectivity index (χ0) is 52.4. The lowest BCUT2D eigenvalue weighted by atomic mass is 10.0. The molecule has 0 aromatic heterocycles. The summed E-state index contributed by atoms with van der Waals surface area (Å²) in [4.78, 5) is -1.01. The van der Waals surface area contributed by atoms with Crippen LogP contribution in [-0.4, -0.2) is 47.2 Å². The Bertz CT molecular complexity index is 3600. The first-order chi connectivity index (χ1) is 33.9. The van der Waals surface area contributed by atoms with Gasteiger partial charge in [0.25, 0.3) is 20.2 Å². The van der Waals surface area contributed by atoms with Crippen LogP contribution >= 0.6 is 58.8 Å². The Labute approximate surface area is 428 Å². The third-order valence-corrected chi connectivity index (χ3v) is 18.6. The number of hydrogen-bond donors (Lipinski definition) is 2. The van der Waals surface area contributed by atoms with Crippen molar-refractivity contribution in [2.75, 3.05) is 12.9 Å². The van der Waals surface area contributed by atoms with Crippen molar-refractivity contribution in [3.05, 3.63) is 156 Å². The van der Waals surface area contributed by atoms with Crippen LogP contribution in [0.15, 0.2) is 173 Å². The fraction of sp³-hybridized carbons (Fsp3) is 0.0638. The Morgan fingerprint density at radius 1 is 0.486 bits per heavy atom. The molecule has 0 fully saturated rings. The highest BCUT2D eigenvalue weighted by atomic mass is 32.2. The lowest BCUT2D eigenvalue weighted by Crippen LogP contribution is -2.10. The fourth-order valence-corrected chi connectivity index (χ4v) is 13.7. The van der Waals surface area contributed by atoms with Gasteiger partial charge in [0.1, 0.15) is 9.79 Å². The van der Waals surface area contributed by atoms with Crippen molar-refractivity contribution in [3.8, 4) is 29.2 Å². The van der Waals surface area contributed by atoms with E-state index in [2.05, 4.69) is 4.74 Å². The van der Waals surface area contributed by atoms with Gasteiger partial charge in [-0.1, -0.05) is 47.0 Å². The molecule has 25 heteroatoms. The maximum atomic E-state index is 15.3. The zero-order valence-corrected chi connectivity index (χ0v) is 42.5. The first-order valence-corrected chi connectivity index (χ1v) is 28.6. The monoisotopic (exact) mass is 1140 g/mol. The molecule has 0 atom stereocenters. The van der Waals surface area contributed by atoms with Crippen LogP contribution < -0.4 is 4.74 Å². The Morgan fingerprint density at radius 2 is 0.833 bits per heavy atom. The van der Waals surface area contributed by atoms with E-state index in [1.54, 1.807) is 48.5 Å². The number of thioether (sulfide) groups is 1. The molecule has 0 spiro atoms. The molecule has 0 bridgehead atoms. The highest BCUT2D eigenvalue weighted by molar-refractivity contribution is 8.01. The summed E-state index contributed by atoms with van der Waals surface area (Å²) in [6, 6.07) is 24.8. The van der Waals surface area contributed by atoms with Gasteiger partial charge in [0.05, 0.1) is 32.4 Å². The Hall–Kier alpha value is -5.14. The number of benzene rings is 7. The van der Waals surface area contributed by atoms with Gasteiger partial charge in [0.15, 0.2) is 40.7 Å². The minimum atomic E-state index is -5.07. The summed E-state index contributed by atoms with van der Waals surface area (Å²) in [6.45, 7) is -0.598. The van der Waals surface area contributed by atoms with Crippen LogP contribution in [0.3, 0.4) is 0 Å². The van der Waals surface area contributed by atoms with Gasteiger partial charge in [-0.05, 0) is 115 Å². The van der Waals surface area contributed by atoms with E-state index in [1.807, 2.05) is 12.2 Å². The number of rotatable bonds is 17. The number of halogens is 8. The summed E-state index contributed by atoms with van der Waals surface area (Å²) in [7, 11) is -14.7. The van der Waals surface area contributed by atoms with Gasteiger partial charge in [-0.15, -0.1) is 24.1 Å². The van der Waals surface area contributed by atoms with Crippen molar-refractivity contribution in [1.29, 1.82) is 0 Å². The topological polar surface area (TPSA) is 152 Å². The lowest BCUT2D eigenvalue weighted by molar-refractivity contribution is 0.278. The standard InChI is InChI=1S/C47H28F8O9S8/c1-3-4-21-64-46-42(52)38(48)36(39(49)43(46)53)37-40(50)44(54)47(45(55)41(37)51)69-29-15-11-26(12-16-29)66-25-9-13-28(14-10-25)68-33-20-18-31(23-35(33)72(61,62)63)70(56,57)30-17-19-32(34(22-30)71(58,59)60)67-27-7-5-24(65-2)6-8-27/h1,5-20,22-23H,4,21H2,2H3,(H,58,59,60)(H,61,62,63). The first-order valence-electron chi connectivity index (χ1n) is 19.8. The van der Waals surface area contributed by atoms with E-state index < -0.39 is 125 Å². The van der Waals surface area contributed by atoms with Gasteiger partial charge in [0.2, 0.25) is 21.5 Å². The molecule has 0 aliphatic carbocycles. The summed E-state index contributed by atoms with van der Waals surface area (Å²) in [5.41, 5.74) is -4.10. The normalized spacial score (nSPS) is 12.0. The smallest absolute Gasteiger partial charge is 0.295 e. The van der Waals surface area contributed by atoms with Crippen molar-refractivity contribution < 1.29 is 74.2 Å². The molecule has 7 rings (SSSR count). The van der Waals surface area contributed by atoms with Crippen LogP contribution in [0.25, 0.3) is 11.1 Å².